The first kappa shape index (κ1) is 17.6. The summed E-state index contributed by atoms with van der Waals surface area (Å²) < 4.78 is 11.2. The minimum atomic E-state index is -0.460. The quantitative estimate of drug-likeness (QED) is 0.672. The van der Waals surface area contributed by atoms with Crippen molar-refractivity contribution in [3.05, 3.63) is 58.7 Å². The smallest absolute Gasteiger partial charge is 0.266 e. The van der Waals surface area contributed by atoms with Crippen LogP contribution in [0.4, 0.5) is 5.69 Å². The monoisotopic (exact) mass is 348 g/mol. The predicted octanol–water partition coefficient (Wildman–Crippen LogP) is 3.87. The Balaban J connectivity index is 1.92. The first-order valence-electron chi connectivity index (χ1n) is 8.38. The van der Waals surface area contributed by atoms with Crippen LogP contribution in [-0.4, -0.2) is 19.1 Å². The number of nitriles is 1. The molecule has 1 amide bonds. The van der Waals surface area contributed by atoms with Gasteiger partial charge in [0, 0.05) is 23.2 Å². The molecule has 1 atom stereocenters. The summed E-state index contributed by atoms with van der Waals surface area (Å²) in [6.45, 7) is 3.89. The summed E-state index contributed by atoms with van der Waals surface area (Å²) in [6, 6.07) is 13.1. The Bertz CT molecular complexity index is 925. The fourth-order valence-electron chi connectivity index (χ4n) is 2.95. The Morgan fingerprint density at radius 3 is 2.85 bits per heavy atom. The maximum absolute atomic E-state index is 12.5. The molecule has 0 fully saturated rings. The molecule has 5 nitrogen and oxygen atoms in total. The van der Waals surface area contributed by atoms with Crippen molar-refractivity contribution in [3.8, 4) is 17.6 Å². The van der Waals surface area contributed by atoms with Crippen LogP contribution in [0.5, 0.6) is 11.5 Å². The highest BCUT2D eigenvalue weighted by Crippen LogP contribution is 2.36. The minimum absolute atomic E-state index is 0.00227. The van der Waals surface area contributed by atoms with E-state index in [0.717, 1.165) is 23.3 Å². The van der Waals surface area contributed by atoms with Gasteiger partial charge in [-0.15, -0.1) is 0 Å². The molecule has 3 rings (SSSR count). The van der Waals surface area contributed by atoms with E-state index in [1.165, 1.54) is 6.08 Å². The van der Waals surface area contributed by atoms with Crippen LogP contribution in [0.1, 0.15) is 23.6 Å². The average molecular weight is 348 g/mol. The second-order valence-corrected chi connectivity index (χ2v) is 6.27. The molecular formula is C21H20N2O3. The molecule has 1 heterocycles. The summed E-state index contributed by atoms with van der Waals surface area (Å²) in [5, 5.41) is 12.2. The van der Waals surface area contributed by atoms with Gasteiger partial charge in [0.2, 0.25) is 0 Å². The van der Waals surface area contributed by atoms with E-state index in [1.807, 2.05) is 50.2 Å². The summed E-state index contributed by atoms with van der Waals surface area (Å²) in [5.41, 5.74) is 3.30. The van der Waals surface area contributed by atoms with Crippen molar-refractivity contribution in [1.82, 2.24) is 0 Å². The molecule has 1 aliphatic heterocycles. The number of rotatable bonds is 4. The topological polar surface area (TPSA) is 71.3 Å². The van der Waals surface area contributed by atoms with Crippen molar-refractivity contribution in [2.45, 2.75) is 26.4 Å². The van der Waals surface area contributed by atoms with Crippen molar-refractivity contribution < 1.29 is 14.3 Å². The number of ether oxygens (including phenoxy) is 2. The number of carbonyl (C=O) groups is 1. The Hall–Kier alpha value is -3.26. The molecule has 0 saturated heterocycles. The first-order valence-corrected chi connectivity index (χ1v) is 8.38. The van der Waals surface area contributed by atoms with Crippen molar-refractivity contribution in [3.63, 3.8) is 0 Å². The van der Waals surface area contributed by atoms with E-state index in [2.05, 4.69) is 5.32 Å². The van der Waals surface area contributed by atoms with Crippen LogP contribution < -0.4 is 14.8 Å². The van der Waals surface area contributed by atoms with E-state index in [0.29, 0.717) is 17.0 Å². The van der Waals surface area contributed by atoms with Crippen LogP contribution in [0.15, 0.2) is 42.0 Å². The van der Waals surface area contributed by atoms with Gasteiger partial charge in [-0.2, -0.15) is 5.26 Å². The van der Waals surface area contributed by atoms with Gasteiger partial charge in [0.05, 0.1) is 7.11 Å². The number of benzene rings is 2. The zero-order chi connectivity index (χ0) is 18.7. The third-order valence-corrected chi connectivity index (χ3v) is 4.31. The predicted molar refractivity (Wildman–Crippen MR) is 100 cm³/mol. The van der Waals surface area contributed by atoms with E-state index in [1.54, 1.807) is 13.2 Å². The third-order valence-electron chi connectivity index (χ3n) is 4.31. The number of carbonyl (C=O) groups excluding carboxylic acids is 1. The normalized spacial score (nSPS) is 15.6. The second-order valence-electron chi connectivity index (χ2n) is 6.27. The standard InChI is InChI=1S/C21H20N2O3/c1-13-6-4-5-7-18(13)23-21(24)17(12-22)9-16-11-20-15(8-14(2)26-20)10-19(16)25-3/h4-7,9-11,14H,8H2,1-3H3,(H,23,24)/b17-9+. The molecule has 5 heteroatoms. The lowest BCUT2D eigenvalue weighted by Gasteiger charge is -2.10. The van der Waals surface area contributed by atoms with Gasteiger partial charge in [-0.05, 0) is 43.7 Å². The molecule has 0 radical (unpaired) electrons. The number of hydrogen-bond donors (Lipinski definition) is 1. The van der Waals surface area contributed by atoms with E-state index in [9.17, 15) is 10.1 Å². The van der Waals surface area contributed by atoms with Crippen molar-refractivity contribution in [1.29, 1.82) is 5.26 Å². The maximum Gasteiger partial charge on any atom is 0.266 e. The molecule has 26 heavy (non-hydrogen) atoms. The van der Waals surface area contributed by atoms with Gasteiger partial charge in [0.1, 0.15) is 29.2 Å². The zero-order valence-corrected chi connectivity index (χ0v) is 15.0. The Labute approximate surface area is 152 Å². The third kappa shape index (κ3) is 3.55. The molecular weight excluding hydrogens is 328 g/mol. The van der Waals surface area contributed by atoms with Gasteiger partial charge >= 0.3 is 0 Å². The van der Waals surface area contributed by atoms with E-state index in [-0.39, 0.29) is 11.7 Å². The highest BCUT2D eigenvalue weighted by molar-refractivity contribution is 6.10. The van der Waals surface area contributed by atoms with Gasteiger partial charge in [-0.1, -0.05) is 18.2 Å². The van der Waals surface area contributed by atoms with Crippen molar-refractivity contribution in [2.24, 2.45) is 0 Å². The lowest BCUT2D eigenvalue weighted by atomic mass is 10.0. The summed E-state index contributed by atoms with van der Waals surface area (Å²) in [7, 11) is 1.57. The first-order chi connectivity index (χ1) is 12.5. The molecule has 1 aliphatic rings. The largest absolute Gasteiger partial charge is 0.496 e. The molecule has 0 saturated carbocycles. The number of methoxy groups -OCH3 is 1. The van der Waals surface area contributed by atoms with E-state index < -0.39 is 5.91 Å². The summed E-state index contributed by atoms with van der Waals surface area (Å²) in [5.74, 6) is 0.915. The van der Waals surface area contributed by atoms with Gasteiger partial charge < -0.3 is 14.8 Å². The molecule has 0 aliphatic carbocycles. The summed E-state index contributed by atoms with van der Waals surface area (Å²) in [6.07, 6.45) is 2.45. The Morgan fingerprint density at radius 1 is 1.38 bits per heavy atom. The van der Waals surface area contributed by atoms with Gasteiger partial charge in [-0.25, -0.2) is 0 Å². The number of nitrogens with one attached hydrogen (secondary N) is 1. The number of fused-ring (bicyclic) bond motifs is 1. The molecule has 0 bridgehead atoms. The Morgan fingerprint density at radius 2 is 2.15 bits per heavy atom. The fraction of sp³-hybridized carbons (Fsp3) is 0.238. The van der Waals surface area contributed by atoms with E-state index in [4.69, 9.17) is 9.47 Å². The molecule has 0 spiro atoms. The minimum Gasteiger partial charge on any atom is -0.496 e. The molecule has 1 N–H and O–H groups in total. The van der Waals surface area contributed by atoms with Crippen LogP contribution in [-0.2, 0) is 11.2 Å². The lowest BCUT2D eigenvalue weighted by Crippen LogP contribution is -2.14. The second kappa shape index (κ2) is 7.32. The molecule has 2 aromatic carbocycles. The molecule has 1 unspecified atom stereocenters. The zero-order valence-electron chi connectivity index (χ0n) is 15.0. The SMILES string of the molecule is COc1cc2c(cc1/C=C(\C#N)C(=O)Nc1ccccc1C)OC(C)C2. The molecule has 0 aromatic heterocycles. The highest BCUT2D eigenvalue weighted by Gasteiger charge is 2.22. The van der Waals surface area contributed by atoms with Crippen molar-refractivity contribution >= 4 is 17.7 Å². The van der Waals surface area contributed by atoms with Gasteiger partial charge in [0.25, 0.3) is 5.91 Å². The number of hydrogen-bond acceptors (Lipinski definition) is 4. The average Bonchev–Trinajstić information content (AvgIpc) is 2.99. The van der Waals surface area contributed by atoms with Crippen LogP contribution in [0.3, 0.4) is 0 Å². The van der Waals surface area contributed by atoms with Crippen LogP contribution in [0.25, 0.3) is 6.08 Å². The molecule has 2 aromatic rings. The summed E-state index contributed by atoms with van der Waals surface area (Å²) in [4.78, 5) is 12.5. The van der Waals surface area contributed by atoms with E-state index >= 15 is 0 Å². The molecule has 132 valence electrons. The van der Waals surface area contributed by atoms with Crippen LogP contribution >= 0.6 is 0 Å². The summed E-state index contributed by atoms with van der Waals surface area (Å²) >= 11 is 0. The lowest BCUT2D eigenvalue weighted by molar-refractivity contribution is -0.112. The number of amides is 1. The number of para-hydroxylation sites is 1. The maximum atomic E-state index is 12.5. The van der Waals surface area contributed by atoms with Crippen LogP contribution in [0, 0.1) is 18.3 Å². The number of nitrogens with zero attached hydrogens (tertiary/aromatic N) is 1. The highest BCUT2D eigenvalue weighted by atomic mass is 16.5. The van der Waals surface area contributed by atoms with Gasteiger partial charge in [-0.3, -0.25) is 4.79 Å². The fourth-order valence-corrected chi connectivity index (χ4v) is 2.95. The van der Waals surface area contributed by atoms with Crippen molar-refractivity contribution in [2.75, 3.05) is 12.4 Å². The number of anilines is 1. The van der Waals surface area contributed by atoms with Crippen LogP contribution in [0.2, 0.25) is 0 Å². The number of aryl methyl sites for hydroxylation is 1. The Kier molecular flexibility index (Phi) is 4.94. The van der Waals surface area contributed by atoms with Gasteiger partial charge in [0.15, 0.2) is 0 Å².